The quantitative estimate of drug-likeness (QED) is 0.631. The largest absolute Gasteiger partial charge is 0.126 e. The van der Waals surface area contributed by atoms with Crippen molar-refractivity contribution in [3.63, 3.8) is 0 Å². The van der Waals surface area contributed by atoms with Crippen molar-refractivity contribution in [1.82, 2.24) is 0 Å². The van der Waals surface area contributed by atoms with Crippen molar-refractivity contribution in [2.24, 2.45) is 0 Å². The molecule has 1 aliphatic heterocycles. The van der Waals surface area contributed by atoms with Crippen LogP contribution in [0.2, 0.25) is 12.1 Å². The molecular weight excluding hydrogens is 292 g/mol. The normalized spacial score (nSPS) is 16.1. The fraction of sp³-hybridized carbons (Fsp3) is 0.0909. The summed E-state index contributed by atoms with van der Waals surface area (Å²) in [4.78, 5) is 0. The highest BCUT2D eigenvalue weighted by Crippen LogP contribution is 2.35. The molecule has 23 heavy (non-hydrogen) atoms. The highest BCUT2D eigenvalue weighted by molar-refractivity contribution is 7.04. The predicted molar refractivity (Wildman–Crippen MR) is 102 cm³/mol. The average molecular weight is 312 g/mol. The first-order chi connectivity index (χ1) is 11.4. The lowest BCUT2D eigenvalue weighted by Crippen LogP contribution is -2.56. The monoisotopic (exact) mass is 312 g/mol. The van der Waals surface area contributed by atoms with Gasteiger partial charge in [0.25, 0.3) is 0 Å². The summed E-state index contributed by atoms with van der Waals surface area (Å²) in [7, 11) is -1.72. The van der Waals surface area contributed by atoms with Crippen LogP contribution in [0.3, 0.4) is 0 Å². The Morgan fingerprint density at radius 3 is 1.57 bits per heavy atom. The summed E-state index contributed by atoms with van der Waals surface area (Å²) in [6.45, 7) is 0. The van der Waals surface area contributed by atoms with Crippen molar-refractivity contribution >= 4 is 24.0 Å². The number of hydrogen-bond acceptors (Lipinski definition) is 0. The number of hydrogen-bond donors (Lipinski definition) is 0. The van der Waals surface area contributed by atoms with E-state index in [2.05, 4.69) is 97.1 Å². The summed E-state index contributed by atoms with van der Waals surface area (Å²) in [6, 6.07) is 35.6. The third-order valence-electron chi connectivity index (χ3n) is 4.99. The highest BCUT2D eigenvalue weighted by atomic mass is 28.3. The van der Waals surface area contributed by atoms with E-state index in [9.17, 15) is 0 Å². The summed E-state index contributed by atoms with van der Waals surface area (Å²) >= 11 is 0. The van der Waals surface area contributed by atoms with Crippen molar-refractivity contribution in [1.29, 1.82) is 0 Å². The molecule has 0 N–H and O–H groups in total. The van der Waals surface area contributed by atoms with E-state index in [1.807, 2.05) is 0 Å². The van der Waals surface area contributed by atoms with Gasteiger partial charge in [0.15, 0.2) is 0 Å². The van der Waals surface area contributed by atoms with Gasteiger partial charge in [0.2, 0.25) is 0 Å². The lowest BCUT2D eigenvalue weighted by atomic mass is 10.1. The van der Waals surface area contributed by atoms with Crippen LogP contribution < -0.4 is 10.4 Å². The van der Waals surface area contributed by atoms with Crippen molar-refractivity contribution in [3.05, 3.63) is 103 Å². The Morgan fingerprint density at radius 2 is 1.04 bits per heavy atom. The zero-order chi connectivity index (χ0) is 15.5. The number of allylic oxidation sites excluding steroid dienone is 2. The Balaban J connectivity index is 1.78. The van der Waals surface area contributed by atoms with Crippen LogP contribution in [0.25, 0.3) is 5.57 Å². The summed E-state index contributed by atoms with van der Waals surface area (Å²) in [5, 5.41) is 3.10. The fourth-order valence-corrected chi connectivity index (χ4v) is 8.37. The molecule has 0 radical (unpaired) electrons. The molecule has 0 aromatic heterocycles. The minimum atomic E-state index is -1.72. The fourth-order valence-electron chi connectivity index (χ4n) is 3.76. The van der Waals surface area contributed by atoms with E-state index < -0.39 is 8.07 Å². The van der Waals surface area contributed by atoms with Crippen LogP contribution in [0, 0.1) is 0 Å². The maximum Gasteiger partial charge on any atom is 0.126 e. The van der Waals surface area contributed by atoms with E-state index in [4.69, 9.17) is 0 Å². The van der Waals surface area contributed by atoms with Crippen molar-refractivity contribution in [3.8, 4) is 0 Å². The van der Waals surface area contributed by atoms with Gasteiger partial charge in [-0.25, -0.2) is 0 Å². The molecule has 3 aromatic rings. The molecule has 4 rings (SSSR count). The number of rotatable bonds is 3. The molecule has 0 spiro atoms. The van der Waals surface area contributed by atoms with Gasteiger partial charge in [0.1, 0.15) is 8.07 Å². The molecule has 1 aliphatic rings. The van der Waals surface area contributed by atoms with Crippen LogP contribution in [0.15, 0.2) is 97.1 Å². The molecule has 112 valence electrons. The van der Waals surface area contributed by atoms with E-state index in [0.717, 1.165) is 0 Å². The van der Waals surface area contributed by atoms with Gasteiger partial charge < -0.3 is 0 Å². The summed E-state index contributed by atoms with van der Waals surface area (Å²) in [5.74, 6) is 0. The van der Waals surface area contributed by atoms with Gasteiger partial charge in [-0.1, -0.05) is 107 Å². The third kappa shape index (κ3) is 2.58. The van der Waals surface area contributed by atoms with Crippen molar-refractivity contribution < 1.29 is 0 Å². The molecule has 0 atom stereocenters. The number of benzene rings is 3. The topological polar surface area (TPSA) is 0 Å². The molecule has 0 aliphatic carbocycles. The molecular formula is C22H20Si. The zero-order valence-corrected chi connectivity index (χ0v) is 14.2. The molecule has 1 heterocycles. The highest BCUT2D eigenvalue weighted by Gasteiger charge is 2.40. The van der Waals surface area contributed by atoms with Crippen LogP contribution in [-0.4, -0.2) is 8.07 Å². The summed E-state index contributed by atoms with van der Waals surface area (Å²) < 4.78 is 0. The van der Waals surface area contributed by atoms with E-state index in [1.54, 1.807) is 10.4 Å². The second-order valence-electron chi connectivity index (χ2n) is 6.29. The Morgan fingerprint density at radius 1 is 0.565 bits per heavy atom. The zero-order valence-electron chi connectivity index (χ0n) is 13.2. The first-order valence-corrected chi connectivity index (χ1v) is 10.7. The average Bonchev–Trinajstić information content (AvgIpc) is 3.11. The van der Waals surface area contributed by atoms with Crippen LogP contribution in [-0.2, 0) is 0 Å². The maximum absolute atomic E-state index is 2.49. The van der Waals surface area contributed by atoms with E-state index in [0.29, 0.717) is 0 Å². The van der Waals surface area contributed by atoms with Gasteiger partial charge in [-0.2, -0.15) is 0 Å². The van der Waals surface area contributed by atoms with Crippen molar-refractivity contribution in [2.45, 2.75) is 12.1 Å². The lowest BCUT2D eigenvalue weighted by molar-refractivity contribution is 1.54. The van der Waals surface area contributed by atoms with Gasteiger partial charge >= 0.3 is 0 Å². The molecule has 0 fully saturated rings. The SMILES string of the molecule is C1=C(c2ccccc2)C[Si](c2ccccc2)(c2ccccc2)C1. The van der Waals surface area contributed by atoms with E-state index in [-0.39, 0.29) is 0 Å². The van der Waals surface area contributed by atoms with Gasteiger partial charge in [0.05, 0.1) is 0 Å². The second-order valence-corrected chi connectivity index (χ2v) is 10.4. The smallest absolute Gasteiger partial charge is 0.0830 e. The third-order valence-corrected chi connectivity index (χ3v) is 9.75. The Labute approximate surface area is 139 Å². The standard InChI is InChI=1S/C22H20Si/c1-4-10-19(11-5-1)20-16-17-23(18-20,21-12-6-2-7-13-21)22-14-8-3-9-15-22/h1-16H,17-18H2. The summed E-state index contributed by atoms with van der Waals surface area (Å²) in [5.41, 5.74) is 2.90. The minimum absolute atomic E-state index is 1.20. The minimum Gasteiger partial charge on any atom is -0.0830 e. The van der Waals surface area contributed by atoms with Gasteiger partial charge in [-0.05, 0) is 23.2 Å². The van der Waals surface area contributed by atoms with E-state index >= 15 is 0 Å². The van der Waals surface area contributed by atoms with E-state index in [1.165, 1.54) is 23.2 Å². The molecule has 3 aromatic carbocycles. The van der Waals surface area contributed by atoms with Crippen LogP contribution in [0.4, 0.5) is 0 Å². The molecule has 0 unspecified atom stereocenters. The Hall–Kier alpha value is -2.38. The molecule has 0 saturated heterocycles. The molecule has 0 bridgehead atoms. The predicted octanol–water partition coefficient (Wildman–Crippen LogP) is 4.35. The first kappa shape index (κ1) is 14.2. The van der Waals surface area contributed by atoms with Crippen LogP contribution in [0.1, 0.15) is 5.56 Å². The Kier molecular flexibility index (Phi) is 3.72. The van der Waals surface area contributed by atoms with Gasteiger partial charge in [0, 0.05) is 0 Å². The van der Waals surface area contributed by atoms with Gasteiger partial charge in [-0.3, -0.25) is 0 Å². The van der Waals surface area contributed by atoms with Crippen LogP contribution in [0.5, 0.6) is 0 Å². The van der Waals surface area contributed by atoms with Crippen molar-refractivity contribution in [2.75, 3.05) is 0 Å². The maximum atomic E-state index is 2.49. The van der Waals surface area contributed by atoms with Gasteiger partial charge in [-0.15, -0.1) is 0 Å². The first-order valence-electron chi connectivity index (χ1n) is 8.24. The second kappa shape index (κ2) is 6.02. The molecule has 1 heteroatoms. The Bertz CT molecular complexity index is 765. The molecule has 0 amide bonds. The van der Waals surface area contributed by atoms with Crippen LogP contribution >= 0.6 is 0 Å². The lowest BCUT2D eigenvalue weighted by Gasteiger charge is -2.29. The summed E-state index contributed by atoms with van der Waals surface area (Å²) in [6.07, 6.45) is 2.49. The molecule has 0 saturated carbocycles. The molecule has 0 nitrogen and oxygen atoms in total.